The lowest BCUT2D eigenvalue weighted by atomic mass is 10.2. The molecule has 0 amide bonds. The zero-order valence-corrected chi connectivity index (χ0v) is 11.7. The molecule has 2 N–H and O–H groups in total. The highest BCUT2D eigenvalue weighted by atomic mass is 32.2. The van der Waals surface area contributed by atoms with E-state index in [1.54, 1.807) is 0 Å². The van der Waals surface area contributed by atoms with Gasteiger partial charge in [-0.05, 0) is 20.3 Å². The molecular formula is C10H19NO7S. The molecule has 0 atom stereocenters. The van der Waals surface area contributed by atoms with Crippen molar-refractivity contribution in [1.82, 2.24) is 5.32 Å². The van der Waals surface area contributed by atoms with Crippen molar-refractivity contribution in [2.75, 3.05) is 19.1 Å². The van der Waals surface area contributed by atoms with Gasteiger partial charge in [-0.2, -0.15) is 8.42 Å². The Morgan fingerprint density at radius 2 is 1.89 bits per heavy atom. The Labute approximate surface area is 112 Å². The van der Waals surface area contributed by atoms with E-state index in [2.05, 4.69) is 14.8 Å². The van der Waals surface area contributed by atoms with Gasteiger partial charge in [0.25, 0.3) is 10.1 Å². The minimum absolute atomic E-state index is 0.0204. The van der Waals surface area contributed by atoms with E-state index in [1.807, 2.05) is 13.8 Å². The zero-order chi connectivity index (χ0) is 14.9. The maximum Gasteiger partial charge on any atom is 0.510 e. The summed E-state index contributed by atoms with van der Waals surface area (Å²) in [4.78, 5) is 22.2. The van der Waals surface area contributed by atoms with Crippen molar-refractivity contribution in [3.63, 3.8) is 0 Å². The number of hydrogen-bond acceptors (Lipinski definition) is 7. The molecule has 0 bridgehead atoms. The molecule has 0 saturated heterocycles. The van der Waals surface area contributed by atoms with Crippen LogP contribution in [0.25, 0.3) is 0 Å². The number of carbonyl (C=O) groups excluding carboxylic acids is 2. The fraction of sp³-hybridized carbons (Fsp3) is 0.800. The van der Waals surface area contributed by atoms with E-state index < -0.39 is 34.4 Å². The Morgan fingerprint density at radius 1 is 1.26 bits per heavy atom. The fourth-order valence-electron chi connectivity index (χ4n) is 0.972. The van der Waals surface area contributed by atoms with Crippen LogP contribution in [0.1, 0.15) is 26.7 Å². The van der Waals surface area contributed by atoms with Gasteiger partial charge < -0.3 is 9.47 Å². The summed E-state index contributed by atoms with van der Waals surface area (Å²) in [6.45, 7) is 3.24. The first kappa shape index (κ1) is 17.8. The van der Waals surface area contributed by atoms with Crippen LogP contribution >= 0.6 is 0 Å². The van der Waals surface area contributed by atoms with Crippen molar-refractivity contribution in [2.24, 2.45) is 0 Å². The lowest BCUT2D eigenvalue weighted by molar-refractivity contribution is -0.122. The molecule has 0 rings (SSSR count). The summed E-state index contributed by atoms with van der Waals surface area (Å²) in [7, 11) is -4.06. The quantitative estimate of drug-likeness (QED) is 0.355. The van der Waals surface area contributed by atoms with E-state index in [9.17, 15) is 18.0 Å². The maximum absolute atomic E-state index is 11.2. The van der Waals surface area contributed by atoms with Gasteiger partial charge >= 0.3 is 6.16 Å². The number of rotatable bonds is 9. The molecule has 0 aromatic carbocycles. The van der Waals surface area contributed by atoms with Crippen molar-refractivity contribution in [3.05, 3.63) is 0 Å². The molecule has 9 heteroatoms. The fourth-order valence-corrected chi connectivity index (χ4v) is 1.48. The zero-order valence-electron chi connectivity index (χ0n) is 10.9. The van der Waals surface area contributed by atoms with Crippen molar-refractivity contribution in [1.29, 1.82) is 0 Å². The second-order valence-corrected chi connectivity index (χ2v) is 5.69. The third-order valence-corrected chi connectivity index (χ3v) is 2.70. The highest BCUT2D eigenvalue weighted by Crippen LogP contribution is 1.97. The van der Waals surface area contributed by atoms with Gasteiger partial charge in [-0.15, -0.1) is 0 Å². The number of Topliss-reactive ketones (excluding diaryl/α,β-unsaturated/α-hetero) is 1. The predicted molar refractivity (Wildman–Crippen MR) is 66.2 cm³/mol. The second kappa shape index (κ2) is 8.83. The summed E-state index contributed by atoms with van der Waals surface area (Å²) in [5.74, 6) is -0.945. The van der Waals surface area contributed by atoms with Crippen molar-refractivity contribution in [2.45, 2.75) is 32.7 Å². The molecule has 112 valence electrons. The third kappa shape index (κ3) is 13.0. The summed E-state index contributed by atoms with van der Waals surface area (Å²) in [5, 5.41) is 2.81. The van der Waals surface area contributed by atoms with E-state index >= 15 is 0 Å². The Bertz CT molecular complexity index is 391. The largest absolute Gasteiger partial charge is 0.510 e. The van der Waals surface area contributed by atoms with Gasteiger partial charge in [-0.1, -0.05) is 0 Å². The first-order valence-electron chi connectivity index (χ1n) is 5.70. The number of nitrogens with one attached hydrogen (secondary N) is 1. The molecule has 0 aliphatic rings. The molecule has 0 fully saturated rings. The van der Waals surface area contributed by atoms with Crippen LogP contribution in [-0.2, 0) is 24.4 Å². The van der Waals surface area contributed by atoms with E-state index in [-0.39, 0.29) is 25.6 Å². The second-order valence-electron chi connectivity index (χ2n) is 4.11. The Kier molecular flexibility index (Phi) is 8.28. The van der Waals surface area contributed by atoms with Gasteiger partial charge in [0.05, 0.1) is 5.75 Å². The van der Waals surface area contributed by atoms with Gasteiger partial charge in [-0.25, -0.2) is 4.79 Å². The summed E-state index contributed by atoms with van der Waals surface area (Å²) in [6, 6.07) is 0.148. The number of ether oxygens (including phenoxy) is 2. The Morgan fingerprint density at radius 3 is 2.42 bits per heavy atom. The van der Waals surface area contributed by atoms with E-state index in [0.29, 0.717) is 0 Å². The smallest absolute Gasteiger partial charge is 0.426 e. The Balaban J connectivity index is 3.64. The summed E-state index contributed by atoms with van der Waals surface area (Å²) in [5.41, 5.74) is 0. The van der Waals surface area contributed by atoms with Crippen LogP contribution in [0.3, 0.4) is 0 Å². The summed E-state index contributed by atoms with van der Waals surface area (Å²) in [6.07, 6.45) is -1.10. The molecule has 0 spiro atoms. The van der Waals surface area contributed by atoms with Crippen LogP contribution in [0.2, 0.25) is 0 Å². The van der Waals surface area contributed by atoms with Crippen LogP contribution in [0, 0.1) is 0 Å². The molecule has 0 heterocycles. The van der Waals surface area contributed by atoms with Crippen LogP contribution in [-0.4, -0.2) is 50.0 Å². The molecule has 0 unspecified atom stereocenters. The van der Waals surface area contributed by atoms with Gasteiger partial charge in [0, 0.05) is 12.5 Å². The maximum atomic E-state index is 11.2. The minimum atomic E-state index is -4.06. The Hall–Kier alpha value is -1.19. The molecule has 0 radical (unpaired) electrons. The lowest BCUT2D eigenvalue weighted by Crippen LogP contribution is -2.28. The van der Waals surface area contributed by atoms with E-state index in [4.69, 9.17) is 4.55 Å². The standard InChI is InChI=1S/C10H19NO7S/c1-8(2)11-7-18-10(13)17-6-9(12)4-3-5-19(14,15)16/h8,11H,3-7H2,1-2H3,(H,14,15,16). The lowest BCUT2D eigenvalue weighted by Gasteiger charge is -2.08. The van der Waals surface area contributed by atoms with Gasteiger partial charge in [0.1, 0.15) is 6.73 Å². The minimum Gasteiger partial charge on any atom is -0.426 e. The monoisotopic (exact) mass is 297 g/mol. The third-order valence-electron chi connectivity index (χ3n) is 1.89. The number of ketones is 1. The summed E-state index contributed by atoms with van der Waals surface area (Å²) >= 11 is 0. The van der Waals surface area contributed by atoms with Crippen LogP contribution in [0.15, 0.2) is 0 Å². The van der Waals surface area contributed by atoms with Gasteiger partial charge in [0.2, 0.25) is 0 Å². The van der Waals surface area contributed by atoms with Crippen LogP contribution in [0.5, 0.6) is 0 Å². The highest BCUT2D eigenvalue weighted by molar-refractivity contribution is 7.85. The first-order chi connectivity index (χ1) is 8.70. The van der Waals surface area contributed by atoms with Crippen molar-refractivity contribution in [3.8, 4) is 0 Å². The average molecular weight is 297 g/mol. The van der Waals surface area contributed by atoms with E-state index in [0.717, 1.165) is 0 Å². The molecule has 0 aliphatic heterocycles. The molecule has 0 aromatic heterocycles. The summed E-state index contributed by atoms with van der Waals surface area (Å²) < 4.78 is 38.3. The normalized spacial score (nSPS) is 11.4. The van der Waals surface area contributed by atoms with Crippen LogP contribution in [0.4, 0.5) is 4.79 Å². The molecule has 0 aliphatic carbocycles. The number of hydrogen-bond donors (Lipinski definition) is 2. The van der Waals surface area contributed by atoms with Gasteiger partial charge in [0.15, 0.2) is 12.4 Å². The molecule has 0 saturated carbocycles. The number of carbonyl (C=O) groups is 2. The van der Waals surface area contributed by atoms with E-state index in [1.165, 1.54) is 0 Å². The highest BCUT2D eigenvalue weighted by Gasteiger charge is 2.11. The van der Waals surface area contributed by atoms with Gasteiger partial charge in [-0.3, -0.25) is 14.7 Å². The average Bonchev–Trinajstić information content (AvgIpc) is 2.24. The predicted octanol–water partition coefficient (Wildman–Crippen LogP) is 0.332. The first-order valence-corrected chi connectivity index (χ1v) is 7.31. The SMILES string of the molecule is CC(C)NCOC(=O)OCC(=O)CCCS(=O)(=O)O. The van der Waals surface area contributed by atoms with Crippen LogP contribution < -0.4 is 5.32 Å². The molecule has 8 nitrogen and oxygen atoms in total. The van der Waals surface area contributed by atoms with Crippen molar-refractivity contribution < 1.29 is 32.0 Å². The molecular weight excluding hydrogens is 278 g/mol. The molecule has 0 aromatic rings. The van der Waals surface area contributed by atoms with Crippen molar-refractivity contribution >= 4 is 22.1 Å². The topological polar surface area (TPSA) is 119 Å². The molecule has 19 heavy (non-hydrogen) atoms.